The van der Waals surface area contributed by atoms with E-state index in [4.69, 9.17) is 13.6 Å². The van der Waals surface area contributed by atoms with Gasteiger partial charge in [0.2, 0.25) is 0 Å². The molecule has 1 aromatic heterocycles. The van der Waals surface area contributed by atoms with Crippen molar-refractivity contribution in [1.82, 2.24) is 0 Å². The summed E-state index contributed by atoms with van der Waals surface area (Å²) < 4.78 is 17.7. The van der Waals surface area contributed by atoms with Gasteiger partial charge in [-0.1, -0.05) is 51.1 Å². The lowest BCUT2D eigenvalue weighted by Gasteiger charge is -2.36. The quantitative estimate of drug-likeness (QED) is 0.586. The van der Waals surface area contributed by atoms with Crippen molar-refractivity contribution in [3.63, 3.8) is 0 Å². The molecule has 0 N–H and O–H groups in total. The van der Waals surface area contributed by atoms with Gasteiger partial charge in [0.15, 0.2) is 8.32 Å². The smallest absolute Gasteiger partial charge is 0.191 e. The topological polar surface area (TPSA) is 31.6 Å². The van der Waals surface area contributed by atoms with Gasteiger partial charge in [-0.25, -0.2) is 0 Å². The van der Waals surface area contributed by atoms with Gasteiger partial charge in [0.25, 0.3) is 0 Å². The van der Waals surface area contributed by atoms with Crippen LogP contribution in [0.25, 0.3) is 0 Å². The predicted molar refractivity (Wildman–Crippen MR) is 100 cm³/mol. The van der Waals surface area contributed by atoms with Gasteiger partial charge in [0.05, 0.1) is 6.61 Å². The normalized spacial score (nSPS) is 12.5. The average molecular weight is 347 g/mol. The molecule has 0 spiro atoms. The summed E-state index contributed by atoms with van der Waals surface area (Å²) in [7, 11) is -1.68. The van der Waals surface area contributed by atoms with Crippen LogP contribution in [0.15, 0.2) is 46.9 Å². The van der Waals surface area contributed by atoms with Gasteiger partial charge < -0.3 is 13.6 Å². The van der Waals surface area contributed by atoms with Crippen molar-refractivity contribution in [3.8, 4) is 0 Å². The van der Waals surface area contributed by atoms with E-state index in [1.165, 1.54) is 5.56 Å². The average Bonchev–Trinajstić information content (AvgIpc) is 2.95. The summed E-state index contributed by atoms with van der Waals surface area (Å²) in [6.45, 7) is 13.1. The van der Waals surface area contributed by atoms with E-state index in [-0.39, 0.29) is 5.04 Å². The van der Waals surface area contributed by atoms with Crippen molar-refractivity contribution in [3.05, 3.63) is 59.5 Å². The first-order valence-electron chi connectivity index (χ1n) is 8.61. The molecule has 2 rings (SSSR count). The zero-order valence-corrected chi connectivity index (χ0v) is 16.6. The molecular weight excluding hydrogens is 316 g/mol. The summed E-state index contributed by atoms with van der Waals surface area (Å²) in [5, 5.41) is 0.243. The molecule has 132 valence electrons. The van der Waals surface area contributed by atoms with Crippen LogP contribution in [0.5, 0.6) is 0 Å². The second-order valence-electron chi connectivity index (χ2n) is 7.71. The number of rotatable bonds is 8. The highest BCUT2D eigenvalue weighted by Gasteiger charge is 2.36. The lowest BCUT2D eigenvalue weighted by molar-refractivity contribution is 0.0918. The van der Waals surface area contributed by atoms with Crippen LogP contribution in [0.4, 0.5) is 0 Å². The number of ether oxygens (including phenoxy) is 1. The van der Waals surface area contributed by atoms with E-state index in [0.717, 1.165) is 17.9 Å². The fourth-order valence-corrected chi connectivity index (χ4v) is 3.15. The standard InChI is InChI=1S/C20H30O3Si/c1-20(2,3)24(4,5)22-14-13-18-11-12-19(23-18)16-21-15-17-9-7-6-8-10-17/h6-12H,13-16H2,1-5H3. The molecule has 0 bridgehead atoms. The zero-order chi connectivity index (χ0) is 17.6. The van der Waals surface area contributed by atoms with E-state index in [1.54, 1.807) is 0 Å². The van der Waals surface area contributed by atoms with Gasteiger partial charge in [-0.2, -0.15) is 0 Å². The number of hydrogen-bond donors (Lipinski definition) is 0. The molecule has 0 aliphatic carbocycles. The third-order valence-electron chi connectivity index (χ3n) is 4.69. The Bertz CT molecular complexity index is 611. The zero-order valence-electron chi connectivity index (χ0n) is 15.6. The largest absolute Gasteiger partial charge is 0.464 e. The first kappa shape index (κ1) is 19.0. The van der Waals surface area contributed by atoms with Crippen LogP contribution in [0.3, 0.4) is 0 Å². The van der Waals surface area contributed by atoms with Crippen molar-refractivity contribution in [1.29, 1.82) is 0 Å². The minimum Gasteiger partial charge on any atom is -0.464 e. The molecule has 0 aliphatic heterocycles. The molecule has 3 nitrogen and oxygen atoms in total. The van der Waals surface area contributed by atoms with E-state index in [9.17, 15) is 0 Å². The third kappa shape index (κ3) is 5.62. The van der Waals surface area contributed by atoms with Crippen LogP contribution < -0.4 is 0 Å². The molecule has 0 aliphatic rings. The van der Waals surface area contributed by atoms with Crippen LogP contribution in [-0.2, 0) is 28.8 Å². The Balaban J connectivity index is 1.73. The van der Waals surface area contributed by atoms with Gasteiger partial charge in [-0.15, -0.1) is 0 Å². The summed E-state index contributed by atoms with van der Waals surface area (Å²) in [5.41, 5.74) is 1.17. The van der Waals surface area contributed by atoms with E-state index in [0.29, 0.717) is 19.8 Å². The fraction of sp³-hybridized carbons (Fsp3) is 0.500. The van der Waals surface area contributed by atoms with Crippen molar-refractivity contribution in [2.24, 2.45) is 0 Å². The predicted octanol–water partition coefficient (Wildman–Crippen LogP) is 5.56. The Morgan fingerprint density at radius 3 is 2.25 bits per heavy atom. The molecule has 0 saturated heterocycles. The molecule has 24 heavy (non-hydrogen) atoms. The van der Waals surface area contributed by atoms with Crippen LogP contribution in [0.1, 0.15) is 37.9 Å². The van der Waals surface area contributed by atoms with Crippen LogP contribution >= 0.6 is 0 Å². The summed E-state index contributed by atoms with van der Waals surface area (Å²) in [6.07, 6.45) is 0.811. The molecule has 2 aromatic rings. The molecule has 0 unspecified atom stereocenters. The Kier molecular flexibility index (Phi) is 6.44. The molecule has 1 aromatic carbocycles. The Labute approximate surface area is 147 Å². The highest BCUT2D eigenvalue weighted by atomic mass is 28.4. The Hall–Kier alpha value is -1.36. The monoisotopic (exact) mass is 346 g/mol. The number of hydrogen-bond acceptors (Lipinski definition) is 3. The maximum atomic E-state index is 6.19. The number of benzene rings is 1. The number of furan rings is 1. The van der Waals surface area contributed by atoms with Gasteiger partial charge in [-0.3, -0.25) is 0 Å². The van der Waals surface area contributed by atoms with Crippen LogP contribution in [0, 0.1) is 0 Å². The molecule has 0 amide bonds. The molecule has 0 saturated carbocycles. The van der Waals surface area contributed by atoms with Gasteiger partial charge in [-0.05, 0) is 35.8 Å². The molecule has 0 radical (unpaired) electrons. The molecular formula is C20H30O3Si. The lowest BCUT2D eigenvalue weighted by Crippen LogP contribution is -2.41. The van der Waals surface area contributed by atoms with Gasteiger partial charge in [0.1, 0.15) is 18.1 Å². The van der Waals surface area contributed by atoms with Crippen molar-refractivity contribution in [2.45, 2.75) is 58.5 Å². The van der Waals surface area contributed by atoms with E-state index >= 15 is 0 Å². The summed E-state index contributed by atoms with van der Waals surface area (Å²) in [4.78, 5) is 0. The Morgan fingerprint density at radius 2 is 1.58 bits per heavy atom. The summed E-state index contributed by atoms with van der Waals surface area (Å²) in [6, 6.07) is 14.2. The van der Waals surface area contributed by atoms with Crippen molar-refractivity contribution >= 4 is 8.32 Å². The Morgan fingerprint density at radius 1 is 0.917 bits per heavy atom. The third-order valence-corrected chi connectivity index (χ3v) is 9.23. The molecule has 0 fully saturated rings. The second-order valence-corrected chi connectivity index (χ2v) is 12.5. The second kappa shape index (κ2) is 8.14. The van der Waals surface area contributed by atoms with Gasteiger partial charge in [0, 0.05) is 13.0 Å². The van der Waals surface area contributed by atoms with E-state index in [2.05, 4.69) is 46.0 Å². The molecule has 0 atom stereocenters. The van der Waals surface area contributed by atoms with E-state index in [1.807, 2.05) is 30.3 Å². The summed E-state index contributed by atoms with van der Waals surface area (Å²) >= 11 is 0. The van der Waals surface area contributed by atoms with E-state index < -0.39 is 8.32 Å². The minimum atomic E-state index is -1.68. The minimum absolute atomic E-state index is 0.243. The first-order chi connectivity index (χ1) is 11.3. The van der Waals surface area contributed by atoms with Crippen molar-refractivity contribution < 1.29 is 13.6 Å². The van der Waals surface area contributed by atoms with Crippen molar-refractivity contribution in [2.75, 3.05) is 6.61 Å². The lowest BCUT2D eigenvalue weighted by atomic mass is 10.2. The fourth-order valence-electron chi connectivity index (χ4n) is 2.10. The maximum Gasteiger partial charge on any atom is 0.191 e. The highest BCUT2D eigenvalue weighted by molar-refractivity contribution is 6.74. The SMILES string of the molecule is CC(C)(C)[Si](C)(C)OCCc1ccc(COCc2ccccc2)o1. The van der Waals surface area contributed by atoms with Gasteiger partial charge >= 0.3 is 0 Å². The van der Waals surface area contributed by atoms with Crippen LogP contribution in [0.2, 0.25) is 18.1 Å². The molecule has 4 heteroatoms. The summed E-state index contributed by atoms with van der Waals surface area (Å²) in [5.74, 6) is 1.83. The highest BCUT2D eigenvalue weighted by Crippen LogP contribution is 2.36. The maximum absolute atomic E-state index is 6.19. The first-order valence-corrected chi connectivity index (χ1v) is 11.5. The molecule has 1 heterocycles. The van der Waals surface area contributed by atoms with Crippen LogP contribution in [-0.4, -0.2) is 14.9 Å².